The summed E-state index contributed by atoms with van der Waals surface area (Å²) in [6, 6.07) is 4.13. The van der Waals surface area contributed by atoms with E-state index >= 15 is 0 Å². The molecule has 0 aromatic heterocycles. The summed E-state index contributed by atoms with van der Waals surface area (Å²) >= 11 is 0. The first-order chi connectivity index (χ1) is 9.08. The molecule has 20 heavy (non-hydrogen) atoms. The molecule has 1 nitrogen and oxygen atoms in total. The summed E-state index contributed by atoms with van der Waals surface area (Å²) in [5.41, 5.74) is 6.28. The summed E-state index contributed by atoms with van der Waals surface area (Å²) < 4.78 is 5.47. The van der Waals surface area contributed by atoms with Crippen molar-refractivity contribution in [2.24, 2.45) is 0 Å². The van der Waals surface area contributed by atoms with Crippen LogP contribution in [0.5, 0.6) is 5.75 Å². The summed E-state index contributed by atoms with van der Waals surface area (Å²) in [5.74, 6) is 6.71. The second kappa shape index (κ2) is 5.78. The largest absolute Gasteiger partial charge is 0.494 e. The van der Waals surface area contributed by atoms with E-state index in [0.717, 1.165) is 11.1 Å². The molecular weight excluding hydrogens is 260 g/mol. The predicted molar refractivity (Wildman–Crippen MR) is 89.9 cm³/mol. The number of ether oxygens (including phenoxy) is 1. The van der Waals surface area contributed by atoms with E-state index in [1.165, 1.54) is 5.56 Å². The van der Waals surface area contributed by atoms with Gasteiger partial charge in [0.2, 0.25) is 0 Å². The maximum atomic E-state index is 5.62. The van der Waals surface area contributed by atoms with Crippen LogP contribution >= 0.6 is 0 Å². The molecule has 0 atom stereocenters. The van der Waals surface area contributed by atoms with Crippen molar-refractivity contribution < 1.29 is 4.74 Å². The fraction of sp³-hybridized carbons (Fsp3) is 0.444. The smallest absolute Gasteiger partial charge is 0.150 e. The Labute approximate surface area is 124 Å². The van der Waals surface area contributed by atoms with Crippen molar-refractivity contribution in [2.45, 2.75) is 45.8 Å². The van der Waals surface area contributed by atoms with Crippen molar-refractivity contribution in [3.63, 3.8) is 0 Å². The number of methoxy groups -OCH3 is 1. The van der Waals surface area contributed by atoms with E-state index in [0.29, 0.717) is 5.75 Å². The van der Waals surface area contributed by atoms with E-state index in [1.807, 2.05) is 6.07 Å². The molecular formula is C18H24OSi. The Kier molecular flexibility index (Phi) is 4.74. The third kappa shape index (κ3) is 4.19. The van der Waals surface area contributed by atoms with Gasteiger partial charge in [-0.05, 0) is 23.1 Å². The SMILES string of the molecule is C#Cc1cc(C(C)(C)C)cc(C#C[Si](C)(C)C)c1OC. The van der Waals surface area contributed by atoms with Gasteiger partial charge in [0.25, 0.3) is 0 Å². The number of rotatable bonds is 1. The van der Waals surface area contributed by atoms with E-state index in [2.05, 4.69) is 63.9 Å². The van der Waals surface area contributed by atoms with Crippen LogP contribution in [0.25, 0.3) is 0 Å². The number of benzene rings is 1. The second-order valence-corrected chi connectivity index (χ2v) is 11.7. The van der Waals surface area contributed by atoms with E-state index < -0.39 is 8.07 Å². The highest BCUT2D eigenvalue weighted by Crippen LogP contribution is 2.31. The highest BCUT2D eigenvalue weighted by molar-refractivity contribution is 6.83. The average molecular weight is 284 g/mol. The third-order valence-electron chi connectivity index (χ3n) is 2.89. The zero-order valence-electron chi connectivity index (χ0n) is 13.6. The van der Waals surface area contributed by atoms with Crippen LogP contribution in [0.2, 0.25) is 19.6 Å². The molecule has 0 fully saturated rings. The standard InChI is InChI=1S/C18H24OSi/c1-9-14-12-16(18(2,3)4)13-15(17(14)19-5)10-11-20(6,7)8/h1,12-13H,2-8H3. The lowest BCUT2D eigenvalue weighted by Gasteiger charge is -2.21. The number of terminal acetylenes is 1. The maximum absolute atomic E-state index is 5.62. The van der Waals surface area contributed by atoms with Gasteiger partial charge in [-0.3, -0.25) is 0 Å². The predicted octanol–water partition coefficient (Wildman–Crippen LogP) is 4.20. The Hall–Kier alpha value is -1.64. The Bertz CT molecular complexity index is 596. The minimum absolute atomic E-state index is 0.0352. The molecule has 0 bridgehead atoms. The molecule has 0 unspecified atom stereocenters. The molecule has 0 amide bonds. The fourth-order valence-electron chi connectivity index (χ4n) is 1.74. The highest BCUT2D eigenvalue weighted by atomic mass is 28.3. The van der Waals surface area contributed by atoms with Crippen LogP contribution in [0, 0.1) is 23.8 Å². The summed E-state index contributed by atoms with van der Waals surface area (Å²) in [5, 5.41) is 0. The first kappa shape index (κ1) is 16.4. The van der Waals surface area contributed by atoms with Crippen LogP contribution in [-0.4, -0.2) is 15.2 Å². The van der Waals surface area contributed by atoms with Crippen LogP contribution in [0.15, 0.2) is 12.1 Å². The molecule has 0 aliphatic heterocycles. The van der Waals surface area contributed by atoms with E-state index in [4.69, 9.17) is 11.2 Å². The van der Waals surface area contributed by atoms with Gasteiger partial charge in [-0.1, -0.05) is 52.3 Å². The van der Waals surface area contributed by atoms with Crippen molar-refractivity contribution in [3.8, 4) is 29.6 Å². The molecule has 1 aromatic rings. The molecule has 0 spiro atoms. The van der Waals surface area contributed by atoms with Crippen molar-refractivity contribution >= 4 is 8.07 Å². The summed E-state index contributed by atoms with van der Waals surface area (Å²) in [7, 11) is 0.211. The van der Waals surface area contributed by atoms with Crippen molar-refractivity contribution in [1.29, 1.82) is 0 Å². The Balaban J connectivity index is 3.55. The molecule has 0 N–H and O–H groups in total. The molecule has 106 valence electrons. The Morgan fingerprint density at radius 2 is 1.65 bits per heavy atom. The van der Waals surface area contributed by atoms with E-state index in [-0.39, 0.29) is 5.41 Å². The monoisotopic (exact) mass is 284 g/mol. The number of hydrogen-bond donors (Lipinski definition) is 0. The quantitative estimate of drug-likeness (QED) is 0.554. The summed E-state index contributed by atoms with van der Waals surface area (Å²) in [4.78, 5) is 0. The molecule has 0 aliphatic rings. The molecule has 0 radical (unpaired) electrons. The van der Waals surface area contributed by atoms with Gasteiger partial charge < -0.3 is 4.74 Å². The lowest BCUT2D eigenvalue weighted by atomic mass is 9.85. The summed E-state index contributed by atoms with van der Waals surface area (Å²) in [6.45, 7) is 13.2. The van der Waals surface area contributed by atoms with Gasteiger partial charge in [0, 0.05) is 0 Å². The molecule has 2 heteroatoms. The van der Waals surface area contributed by atoms with Gasteiger partial charge in [-0.15, -0.1) is 12.0 Å². The van der Waals surface area contributed by atoms with Gasteiger partial charge in [0.15, 0.2) is 0 Å². The summed E-state index contributed by atoms with van der Waals surface area (Å²) in [6.07, 6.45) is 5.62. The van der Waals surface area contributed by atoms with Crippen LogP contribution < -0.4 is 4.74 Å². The van der Waals surface area contributed by atoms with Crippen LogP contribution in [0.3, 0.4) is 0 Å². The lowest BCUT2D eigenvalue weighted by Crippen LogP contribution is -2.16. The second-order valence-electron chi connectivity index (χ2n) is 7.00. The van der Waals surface area contributed by atoms with E-state index in [9.17, 15) is 0 Å². The molecule has 0 saturated carbocycles. The van der Waals surface area contributed by atoms with Gasteiger partial charge in [0.05, 0.1) is 18.2 Å². The first-order valence-corrected chi connectivity index (χ1v) is 10.3. The molecule has 0 saturated heterocycles. The Morgan fingerprint density at radius 1 is 1.10 bits per heavy atom. The van der Waals surface area contributed by atoms with Crippen molar-refractivity contribution in [1.82, 2.24) is 0 Å². The topological polar surface area (TPSA) is 9.23 Å². The minimum Gasteiger partial charge on any atom is -0.494 e. The first-order valence-electron chi connectivity index (χ1n) is 6.81. The van der Waals surface area contributed by atoms with Gasteiger partial charge >= 0.3 is 0 Å². The van der Waals surface area contributed by atoms with Gasteiger partial charge in [0.1, 0.15) is 13.8 Å². The van der Waals surface area contributed by atoms with Crippen LogP contribution in [0.1, 0.15) is 37.5 Å². The fourth-order valence-corrected chi connectivity index (χ4v) is 2.25. The van der Waals surface area contributed by atoms with Crippen molar-refractivity contribution in [2.75, 3.05) is 7.11 Å². The van der Waals surface area contributed by atoms with E-state index in [1.54, 1.807) is 7.11 Å². The normalized spacial score (nSPS) is 11.3. The lowest BCUT2D eigenvalue weighted by molar-refractivity contribution is 0.411. The molecule has 0 heterocycles. The minimum atomic E-state index is -1.43. The van der Waals surface area contributed by atoms with Gasteiger partial charge in [-0.25, -0.2) is 0 Å². The zero-order chi connectivity index (χ0) is 15.6. The molecule has 1 aromatic carbocycles. The molecule has 0 aliphatic carbocycles. The highest BCUT2D eigenvalue weighted by Gasteiger charge is 2.18. The average Bonchev–Trinajstić information content (AvgIpc) is 2.32. The van der Waals surface area contributed by atoms with Crippen LogP contribution in [-0.2, 0) is 5.41 Å². The van der Waals surface area contributed by atoms with Gasteiger partial charge in [-0.2, -0.15) is 0 Å². The number of hydrogen-bond acceptors (Lipinski definition) is 1. The third-order valence-corrected chi connectivity index (χ3v) is 3.76. The zero-order valence-corrected chi connectivity index (χ0v) is 14.6. The van der Waals surface area contributed by atoms with Crippen molar-refractivity contribution in [3.05, 3.63) is 28.8 Å². The van der Waals surface area contributed by atoms with Crippen LogP contribution in [0.4, 0.5) is 0 Å². The maximum Gasteiger partial charge on any atom is 0.150 e. The Morgan fingerprint density at radius 3 is 2.05 bits per heavy atom. The molecule has 1 rings (SSSR count).